The summed E-state index contributed by atoms with van der Waals surface area (Å²) in [5.41, 5.74) is 5.78. The van der Waals surface area contributed by atoms with E-state index in [1.807, 2.05) is 0 Å². The van der Waals surface area contributed by atoms with Gasteiger partial charge in [-0.2, -0.15) is 11.8 Å². The highest BCUT2D eigenvalue weighted by Crippen LogP contribution is 2.41. The lowest BCUT2D eigenvalue weighted by Crippen LogP contribution is -2.61. The molecule has 1 heterocycles. The summed E-state index contributed by atoms with van der Waals surface area (Å²) in [6.07, 6.45) is 1.61. The molecule has 1 aliphatic carbocycles. The van der Waals surface area contributed by atoms with Gasteiger partial charge >= 0.3 is 5.97 Å². The molecule has 2 aliphatic rings. The van der Waals surface area contributed by atoms with Crippen molar-refractivity contribution >= 4 is 23.5 Å². The highest BCUT2D eigenvalue weighted by atomic mass is 32.2. The number of thioether (sulfide) groups is 1. The first-order chi connectivity index (χ1) is 6.13. The van der Waals surface area contributed by atoms with Gasteiger partial charge in [0, 0.05) is 16.6 Å². The van der Waals surface area contributed by atoms with Gasteiger partial charge in [-0.1, -0.05) is 6.08 Å². The number of hydrogen-bond acceptors (Lipinski definition) is 4. The van der Waals surface area contributed by atoms with Crippen LogP contribution in [-0.2, 0) is 9.59 Å². The van der Waals surface area contributed by atoms with Crippen LogP contribution in [-0.4, -0.2) is 33.9 Å². The Labute approximate surface area is 79.2 Å². The molecule has 1 saturated carbocycles. The maximum Gasteiger partial charge on any atom is 0.332 e. The van der Waals surface area contributed by atoms with Crippen molar-refractivity contribution in [2.45, 2.75) is 11.3 Å². The molecule has 70 valence electrons. The maximum absolute atomic E-state index is 11.3. The monoisotopic (exact) mass is 199 g/mol. The molecule has 0 amide bonds. The Balaban J connectivity index is 2.27. The second-order valence-corrected chi connectivity index (χ2v) is 4.38. The minimum absolute atomic E-state index is 0.0106. The molecule has 0 spiro atoms. The first-order valence-electron chi connectivity index (χ1n) is 3.97. The second-order valence-electron chi connectivity index (χ2n) is 3.17. The van der Waals surface area contributed by atoms with E-state index < -0.39 is 17.9 Å². The molecule has 0 radical (unpaired) electrons. The van der Waals surface area contributed by atoms with Crippen LogP contribution in [0.5, 0.6) is 0 Å². The fraction of sp³-hybridized carbons (Fsp3) is 0.500. The van der Waals surface area contributed by atoms with Crippen molar-refractivity contribution in [3.8, 4) is 0 Å². The zero-order valence-corrected chi connectivity index (χ0v) is 7.58. The predicted octanol–water partition coefficient (Wildman–Crippen LogP) is -0.361. The number of carboxylic acids is 1. The first-order valence-corrected chi connectivity index (χ1v) is 5.02. The first kappa shape index (κ1) is 8.77. The number of carbonyl (C=O) groups is 2. The summed E-state index contributed by atoms with van der Waals surface area (Å²) in [6.45, 7) is 0. The molecule has 0 aromatic heterocycles. The highest BCUT2D eigenvalue weighted by Gasteiger charge is 2.52. The summed E-state index contributed by atoms with van der Waals surface area (Å²) in [7, 11) is 0. The van der Waals surface area contributed by atoms with Crippen molar-refractivity contribution in [3.63, 3.8) is 0 Å². The molecule has 0 aromatic carbocycles. The van der Waals surface area contributed by atoms with Gasteiger partial charge in [0.05, 0.1) is 12.0 Å². The topological polar surface area (TPSA) is 80.4 Å². The molecule has 1 aliphatic heterocycles. The fourth-order valence-corrected chi connectivity index (χ4v) is 3.06. The molecule has 1 fully saturated rings. The van der Waals surface area contributed by atoms with E-state index in [1.165, 1.54) is 0 Å². The predicted molar refractivity (Wildman–Crippen MR) is 48.4 cm³/mol. The van der Waals surface area contributed by atoms with E-state index >= 15 is 0 Å². The summed E-state index contributed by atoms with van der Waals surface area (Å²) in [5.74, 6) is -0.934. The zero-order valence-electron chi connectivity index (χ0n) is 6.77. The second kappa shape index (κ2) is 2.85. The summed E-state index contributed by atoms with van der Waals surface area (Å²) in [6, 6.07) is -0.460. The van der Waals surface area contributed by atoms with E-state index in [-0.39, 0.29) is 16.6 Å². The van der Waals surface area contributed by atoms with Gasteiger partial charge in [0.25, 0.3) is 0 Å². The van der Waals surface area contributed by atoms with E-state index in [1.54, 1.807) is 17.8 Å². The van der Waals surface area contributed by atoms with E-state index in [4.69, 9.17) is 10.8 Å². The summed E-state index contributed by atoms with van der Waals surface area (Å²) >= 11 is 1.56. The van der Waals surface area contributed by atoms with Crippen LogP contribution in [0.15, 0.2) is 11.6 Å². The van der Waals surface area contributed by atoms with Gasteiger partial charge in [-0.25, -0.2) is 4.79 Å². The average molecular weight is 199 g/mol. The van der Waals surface area contributed by atoms with Crippen LogP contribution in [0.4, 0.5) is 0 Å². The number of hydrogen-bond donors (Lipinski definition) is 2. The number of carbonyl (C=O) groups excluding carboxylic acids is 1. The number of nitrogens with two attached hydrogens (primary N) is 1. The molecule has 0 unspecified atom stereocenters. The number of aliphatic carboxylic acids is 1. The van der Waals surface area contributed by atoms with Crippen molar-refractivity contribution < 1.29 is 14.7 Å². The van der Waals surface area contributed by atoms with Gasteiger partial charge < -0.3 is 10.8 Å². The van der Waals surface area contributed by atoms with Crippen LogP contribution in [0, 0.1) is 5.92 Å². The maximum atomic E-state index is 11.3. The van der Waals surface area contributed by atoms with E-state index in [0.717, 1.165) is 0 Å². The van der Waals surface area contributed by atoms with Gasteiger partial charge in [0.2, 0.25) is 0 Å². The van der Waals surface area contributed by atoms with Crippen LogP contribution >= 0.6 is 11.8 Å². The molecule has 0 aromatic rings. The lowest BCUT2D eigenvalue weighted by atomic mass is 9.73. The third-order valence-electron chi connectivity index (χ3n) is 2.49. The Morgan fingerprint density at radius 2 is 2.38 bits per heavy atom. The quantitative estimate of drug-likeness (QED) is 0.602. The largest absolute Gasteiger partial charge is 0.478 e. The average Bonchev–Trinajstić information content (AvgIpc) is 2.15. The number of Topliss-reactive ketones (excluding diaryl/α,β-unsaturated/α-hetero) is 1. The lowest BCUT2D eigenvalue weighted by molar-refractivity contribution is -0.137. The van der Waals surface area contributed by atoms with Crippen molar-refractivity contribution in [1.82, 2.24) is 0 Å². The molecule has 0 saturated heterocycles. The summed E-state index contributed by atoms with van der Waals surface area (Å²) in [5, 5.41) is 8.78. The molecule has 5 heteroatoms. The smallest absolute Gasteiger partial charge is 0.332 e. The normalized spacial score (nSPS) is 37.5. The SMILES string of the molecule is N[C@@H]1C(=O)[C@@H]2C(C(=O)O)=CCS[C@@H]21. The fourth-order valence-electron chi connectivity index (χ4n) is 1.75. The lowest BCUT2D eigenvalue weighted by Gasteiger charge is -2.42. The molecular formula is C8H9NO3S. The molecule has 2 rings (SSSR count). The van der Waals surface area contributed by atoms with Gasteiger partial charge in [0.15, 0.2) is 5.78 Å². The molecule has 4 nitrogen and oxygen atoms in total. The van der Waals surface area contributed by atoms with Gasteiger partial charge in [-0.15, -0.1) is 0 Å². The van der Waals surface area contributed by atoms with E-state index in [0.29, 0.717) is 5.75 Å². The van der Waals surface area contributed by atoms with Gasteiger partial charge in [-0.3, -0.25) is 4.79 Å². The Morgan fingerprint density at radius 1 is 1.69 bits per heavy atom. The van der Waals surface area contributed by atoms with Crippen LogP contribution in [0.25, 0.3) is 0 Å². The minimum atomic E-state index is -0.990. The Hall–Kier alpha value is -0.810. The van der Waals surface area contributed by atoms with Crippen molar-refractivity contribution in [1.29, 1.82) is 0 Å². The van der Waals surface area contributed by atoms with Crippen molar-refractivity contribution in [2.24, 2.45) is 11.7 Å². The summed E-state index contributed by atoms with van der Waals surface area (Å²) < 4.78 is 0. The molecule has 0 bridgehead atoms. The summed E-state index contributed by atoms with van der Waals surface area (Å²) in [4.78, 5) is 22.0. The van der Waals surface area contributed by atoms with Gasteiger partial charge in [0.1, 0.15) is 0 Å². The van der Waals surface area contributed by atoms with Crippen LogP contribution < -0.4 is 5.73 Å². The third-order valence-corrected chi connectivity index (χ3v) is 3.80. The number of rotatable bonds is 1. The molecule has 3 atom stereocenters. The number of ketones is 1. The standard InChI is InChI=1S/C8H9NO3S/c9-5-6(10)4-3(8(11)12)1-2-13-7(4)5/h1,4-5,7H,2,9H2,(H,11,12)/t4-,5+,7-/m0/s1. The minimum Gasteiger partial charge on any atom is -0.478 e. The number of carboxylic acid groups (broad SMARTS) is 1. The highest BCUT2D eigenvalue weighted by molar-refractivity contribution is 8.00. The van der Waals surface area contributed by atoms with E-state index in [9.17, 15) is 9.59 Å². The molecular weight excluding hydrogens is 190 g/mol. The van der Waals surface area contributed by atoms with Crippen LogP contribution in [0.2, 0.25) is 0 Å². The number of fused-ring (bicyclic) bond motifs is 1. The Kier molecular flexibility index (Phi) is 1.92. The van der Waals surface area contributed by atoms with E-state index in [2.05, 4.69) is 0 Å². The Bertz CT molecular complexity index is 313. The Morgan fingerprint density at radius 3 is 3.00 bits per heavy atom. The molecule has 13 heavy (non-hydrogen) atoms. The van der Waals surface area contributed by atoms with Crippen LogP contribution in [0.3, 0.4) is 0 Å². The van der Waals surface area contributed by atoms with Gasteiger partial charge in [-0.05, 0) is 0 Å². The van der Waals surface area contributed by atoms with Crippen molar-refractivity contribution in [2.75, 3.05) is 5.75 Å². The zero-order chi connectivity index (χ0) is 9.59. The van der Waals surface area contributed by atoms with Crippen LogP contribution in [0.1, 0.15) is 0 Å². The third kappa shape index (κ3) is 1.11. The van der Waals surface area contributed by atoms with Crippen molar-refractivity contribution in [3.05, 3.63) is 11.6 Å². The molecule has 3 N–H and O–H groups in total.